The van der Waals surface area contributed by atoms with Gasteiger partial charge in [0.2, 0.25) is 0 Å². The minimum absolute atomic E-state index is 0.159. The summed E-state index contributed by atoms with van der Waals surface area (Å²) in [5, 5.41) is 0.595. The van der Waals surface area contributed by atoms with Crippen molar-refractivity contribution in [3.05, 3.63) is 124 Å². The Bertz CT molecular complexity index is 1640. The largest absolute Gasteiger partial charge is 0.490 e. The Morgan fingerprint density at radius 2 is 1.29 bits per heavy atom. The number of hydrogen-bond donors (Lipinski definition) is 0. The van der Waals surface area contributed by atoms with E-state index in [4.69, 9.17) is 21.1 Å². The molecule has 212 valence electrons. The van der Waals surface area contributed by atoms with E-state index >= 15 is 0 Å². The van der Waals surface area contributed by atoms with Gasteiger partial charge >= 0.3 is 6.03 Å². The van der Waals surface area contributed by atoms with Gasteiger partial charge in [-0.05, 0) is 73.9 Å². The van der Waals surface area contributed by atoms with Gasteiger partial charge in [0.25, 0.3) is 11.8 Å². The van der Waals surface area contributed by atoms with Gasteiger partial charge in [0.1, 0.15) is 12.2 Å². The quantitative estimate of drug-likeness (QED) is 0.159. The van der Waals surface area contributed by atoms with Crippen molar-refractivity contribution in [3.8, 4) is 11.5 Å². The number of barbiturate groups is 1. The maximum Gasteiger partial charge on any atom is 0.343 e. The number of imide groups is 2. The number of aryl methyl sites for hydroxylation is 2. The molecule has 8 heteroatoms. The van der Waals surface area contributed by atoms with E-state index < -0.39 is 17.8 Å². The van der Waals surface area contributed by atoms with Crippen molar-refractivity contribution in [3.63, 3.8) is 0 Å². The predicted molar refractivity (Wildman–Crippen MR) is 164 cm³/mol. The van der Waals surface area contributed by atoms with Crippen LogP contribution in [0.2, 0.25) is 5.02 Å². The molecule has 0 atom stereocenters. The molecule has 5 rings (SSSR count). The second-order valence-corrected chi connectivity index (χ2v) is 10.1. The average Bonchev–Trinajstić information content (AvgIpc) is 2.98. The van der Waals surface area contributed by atoms with E-state index in [0.717, 1.165) is 26.5 Å². The summed E-state index contributed by atoms with van der Waals surface area (Å²) in [6, 6.07) is 25.9. The normalized spacial score (nSPS) is 13.4. The van der Waals surface area contributed by atoms with E-state index in [1.54, 1.807) is 48.5 Å². The molecular weight excluding hydrogens is 552 g/mol. The van der Waals surface area contributed by atoms with E-state index in [1.807, 2.05) is 63.2 Å². The number of carbonyl (C=O) groups excluding carboxylic acids is 3. The molecule has 0 bridgehead atoms. The summed E-state index contributed by atoms with van der Waals surface area (Å²) in [5.41, 5.74) is 3.44. The van der Waals surface area contributed by atoms with Crippen LogP contribution in [0.25, 0.3) is 6.08 Å². The fraction of sp³-hybridized carbons (Fsp3) is 0.147. The van der Waals surface area contributed by atoms with Gasteiger partial charge < -0.3 is 9.47 Å². The van der Waals surface area contributed by atoms with E-state index in [1.165, 1.54) is 6.08 Å². The molecule has 4 aromatic rings. The van der Waals surface area contributed by atoms with Gasteiger partial charge in [0.05, 0.1) is 18.0 Å². The Morgan fingerprint density at radius 1 is 0.714 bits per heavy atom. The van der Waals surface area contributed by atoms with Crippen molar-refractivity contribution < 1.29 is 23.9 Å². The van der Waals surface area contributed by atoms with Crippen LogP contribution < -0.4 is 19.3 Å². The summed E-state index contributed by atoms with van der Waals surface area (Å²) in [7, 11) is 0. The zero-order chi connectivity index (χ0) is 29.8. The highest BCUT2D eigenvalue weighted by Gasteiger charge is 2.44. The Morgan fingerprint density at radius 3 is 1.86 bits per heavy atom. The molecule has 0 N–H and O–H groups in total. The fourth-order valence-electron chi connectivity index (χ4n) is 4.72. The average molecular weight is 581 g/mol. The lowest BCUT2D eigenvalue weighted by molar-refractivity contribution is -0.121. The standard InChI is InChI=1S/C34H29ClN2O5/c1-4-41-31-20-24(17-18-30(31)42-21-25-13-7-8-14-27(25)35)19-26-32(38)36(28-15-9-5-11-22(28)2)34(40)37(33(26)39)29-16-10-6-12-23(29)3/h5-20H,4,21H2,1-3H3. The monoisotopic (exact) mass is 580 g/mol. The van der Waals surface area contributed by atoms with E-state index in [-0.39, 0.29) is 12.2 Å². The first kappa shape index (κ1) is 28.6. The molecule has 4 amide bonds. The van der Waals surface area contributed by atoms with Gasteiger partial charge in [0.15, 0.2) is 11.5 Å². The molecule has 0 saturated carbocycles. The van der Waals surface area contributed by atoms with Crippen molar-refractivity contribution in [1.82, 2.24) is 0 Å². The van der Waals surface area contributed by atoms with Gasteiger partial charge in [0, 0.05) is 10.6 Å². The van der Waals surface area contributed by atoms with E-state index in [2.05, 4.69) is 0 Å². The highest BCUT2D eigenvalue weighted by Crippen LogP contribution is 2.34. The van der Waals surface area contributed by atoms with Crippen molar-refractivity contribution in [2.45, 2.75) is 27.4 Å². The fourth-order valence-corrected chi connectivity index (χ4v) is 4.91. The van der Waals surface area contributed by atoms with Gasteiger partial charge in [-0.2, -0.15) is 0 Å². The molecule has 7 nitrogen and oxygen atoms in total. The molecule has 1 fully saturated rings. The number of hydrogen-bond acceptors (Lipinski definition) is 5. The minimum Gasteiger partial charge on any atom is -0.490 e. The van der Waals surface area contributed by atoms with Crippen molar-refractivity contribution in [2.24, 2.45) is 0 Å². The highest BCUT2D eigenvalue weighted by molar-refractivity contribution is 6.46. The number of anilines is 2. The summed E-state index contributed by atoms with van der Waals surface area (Å²) in [4.78, 5) is 43.6. The number of amides is 4. The number of rotatable bonds is 8. The smallest absolute Gasteiger partial charge is 0.343 e. The molecular formula is C34H29ClN2O5. The summed E-state index contributed by atoms with van der Waals surface area (Å²) in [5.74, 6) is -0.488. The topological polar surface area (TPSA) is 76.2 Å². The molecule has 1 saturated heterocycles. The molecule has 0 radical (unpaired) electrons. The molecule has 0 aliphatic carbocycles. The number of nitrogens with zero attached hydrogens (tertiary/aromatic N) is 2. The lowest BCUT2D eigenvalue weighted by atomic mass is 10.0. The second-order valence-electron chi connectivity index (χ2n) is 9.71. The van der Waals surface area contributed by atoms with Crippen LogP contribution in [-0.2, 0) is 16.2 Å². The Kier molecular flexibility index (Phi) is 8.41. The SMILES string of the molecule is CCOc1cc(C=C2C(=O)N(c3ccccc3C)C(=O)N(c3ccccc3C)C2=O)ccc1OCc1ccccc1Cl. The minimum atomic E-state index is -0.732. The van der Waals surface area contributed by atoms with Crippen LogP contribution in [0.5, 0.6) is 11.5 Å². The van der Waals surface area contributed by atoms with Crippen LogP contribution in [0.15, 0.2) is 96.6 Å². The number of benzene rings is 4. The van der Waals surface area contributed by atoms with Gasteiger partial charge in [-0.15, -0.1) is 0 Å². The Balaban J connectivity index is 1.56. The van der Waals surface area contributed by atoms with E-state index in [0.29, 0.717) is 40.1 Å². The predicted octanol–water partition coefficient (Wildman–Crippen LogP) is 7.52. The summed E-state index contributed by atoms with van der Waals surface area (Å²) in [6.07, 6.45) is 1.48. The van der Waals surface area contributed by atoms with Crippen LogP contribution in [0, 0.1) is 13.8 Å². The van der Waals surface area contributed by atoms with Crippen molar-refractivity contribution in [2.75, 3.05) is 16.4 Å². The number of urea groups is 1. The van der Waals surface area contributed by atoms with Crippen LogP contribution in [-0.4, -0.2) is 24.5 Å². The molecule has 4 aromatic carbocycles. The summed E-state index contributed by atoms with van der Waals surface area (Å²) in [6.45, 7) is 6.07. The first-order valence-electron chi connectivity index (χ1n) is 13.5. The van der Waals surface area contributed by atoms with Crippen LogP contribution in [0.4, 0.5) is 16.2 Å². The third-order valence-corrected chi connectivity index (χ3v) is 7.25. The first-order valence-corrected chi connectivity index (χ1v) is 13.9. The molecule has 0 spiro atoms. The number of para-hydroxylation sites is 2. The molecule has 1 aliphatic heterocycles. The molecule has 42 heavy (non-hydrogen) atoms. The van der Waals surface area contributed by atoms with Crippen molar-refractivity contribution in [1.29, 1.82) is 0 Å². The lowest BCUT2D eigenvalue weighted by Crippen LogP contribution is -2.57. The Labute approximate surface area is 249 Å². The van der Waals surface area contributed by atoms with Crippen LogP contribution in [0.3, 0.4) is 0 Å². The molecule has 0 unspecified atom stereocenters. The highest BCUT2D eigenvalue weighted by atomic mass is 35.5. The maximum absolute atomic E-state index is 13.9. The van der Waals surface area contributed by atoms with Gasteiger partial charge in [-0.25, -0.2) is 14.6 Å². The first-order chi connectivity index (χ1) is 20.3. The third kappa shape index (κ3) is 5.64. The Hall–Kier alpha value is -4.88. The number of halogens is 1. The van der Waals surface area contributed by atoms with Gasteiger partial charge in [-0.3, -0.25) is 9.59 Å². The van der Waals surface area contributed by atoms with Gasteiger partial charge in [-0.1, -0.05) is 72.3 Å². The lowest BCUT2D eigenvalue weighted by Gasteiger charge is -2.35. The summed E-state index contributed by atoms with van der Waals surface area (Å²) >= 11 is 6.28. The van der Waals surface area contributed by atoms with E-state index in [9.17, 15) is 14.4 Å². The number of carbonyl (C=O) groups is 3. The number of ether oxygens (including phenoxy) is 2. The second kappa shape index (κ2) is 12.3. The molecule has 1 aliphatic rings. The van der Waals surface area contributed by atoms with Crippen molar-refractivity contribution >= 4 is 46.9 Å². The zero-order valence-electron chi connectivity index (χ0n) is 23.5. The van der Waals surface area contributed by atoms with Crippen LogP contribution in [0.1, 0.15) is 29.2 Å². The summed E-state index contributed by atoms with van der Waals surface area (Å²) < 4.78 is 11.8. The maximum atomic E-state index is 13.9. The van der Waals surface area contributed by atoms with Crippen LogP contribution >= 0.6 is 11.6 Å². The third-order valence-electron chi connectivity index (χ3n) is 6.88. The zero-order valence-corrected chi connectivity index (χ0v) is 24.2. The molecule has 1 heterocycles. The molecule has 0 aromatic heterocycles.